The fourth-order valence-electron chi connectivity index (χ4n) is 3.70. The van der Waals surface area contributed by atoms with Crippen LogP contribution in [-0.2, 0) is 0 Å². The molecular weight excluding hydrogens is 295 g/mol. The van der Waals surface area contributed by atoms with E-state index in [2.05, 4.69) is 25.7 Å². The largest absolute Gasteiger partial charge is 0.356 e. The highest BCUT2D eigenvalue weighted by Gasteiger charge is 2.31. The lowest BCUT2D eigenvalue weighted by Gasteiger charge is -2.35. The van der Waals surface area contributed by atoms with E-state index in [1.54, 1.807) is 12.4 Å². The number of rotatable bonds is 2. The van der Waals surface area contributed by atoms with E-state index in [-0.39, 0.29) is 12.0 Å². The van der Waals surface area contributed by atoms with Gasteiger partial charge in [-0.15, -0.1) is 0 Å². The molecule has 6 nitrogen and oxygen atoms in total. The molecule has 0 spiro atoms. The lowest BCUT2D eigenvalue weighted by molar-refractivity contribution is 0.310. The van der Waals surface area contributed by atoms with Crippen molar-refractivity contribution in [2.75, 3.05) is 18.0 Å². The Balaban J connectivity index is 1.51. The van der Waals surface area contributed by atoms with Crippen LogP contribution >= 0.6 is 0 Å². The first kappa shape index (κ1) is 14.7. The molecule has 23 heavy (non-hydrogen) atoms. The van der Waals surface area contributed by atoms with E-state index >= 15 is 0 Å². The Labute approximate surface area is 134 Å². The third-order valence-electron chi connectivity index (χ3n) is 4.95. The van der Waals surface area contributed by atoms with Gasteiger partial charge in [0.05, 0.1) is 11.7 Å². The summed E-state index contributed by atoms with van der Waals surface area (Å²) in [5.74, 6) is 1.19. The van der Waals surface area contributed by atoms with Crippen molar-refractivity contribution in [2.24, 2.45) is 11.7 Å². The Bertz CT molecular complexity index is 700. The summed E-state index contributed by atoms with van der Waals surface area (Å²) in [5.41, 5.74) is 13.1. The molecule has 2 aliphatic heterocycles. The Morgan fingerprint density at radius 3 is 2.74 bits per heavy atom. The van der Waals surface area contributed by atoms with Crippen molar-refractivity contribution in [1.82, 2.24) is 20.8 Å². The van der Waals surface area contributed by atoms with Crippen molar-refractivity contribution >= 4 is 16.7 Å². The first-order valence-electron chi connectivity index (χ1n) is 8.12. The number of nitrogens with two attached hydrogens (primary N) is 1. The lowest BCUT2D eigenvalue weighted by atomic mass is 9.88. The number of nitrogens with one attached hydrogen (secondary N) is 2. The summed E-state index contributed by atoms with van der Waals surface area (Å²) in [4.78, 5) is 10.9. The van der Waals surface area contributed by atoms with Gasteiger partial charge in [-0.3, -0.25) is 5.43 Å². The van der Waals surface area contributed by atoms with Crippen LogP contribution in [0.15, 0.2) is 24.5 Å². The molecule has 4 N–H and O–H groups in total. The number of anilines is 1. The predicted octanol–water partition coefficient (Wildman–Crippen LogP) is 1.14. The molecule has 2 aromatic rings. The van der Waals surface area contributed by atoms with Crippen LogP contribution in [0.25, 0.3) is 10.9 Å². The minimum absolute atomic E-state index is 0.0480. The monoisotopic (exact) mass is 316 g/mol. The van der Waals surface area contributed by atoms with Gasteiger partial charge in [0.1, 0.15) is 18.0 Å². The molecule has 0 bridgehead atoms. The van der Waals surface area contributed by atoms with E-state index in [9.17, 15) is 4.39 Å². The summed E-state index contributed by atoms with van der Waals surface area (Å²) in [6.45, 7) is 1.83. The van der Waals surface area contributed by atoms with Crippen LogP contribution < -0.4 is 21.5 Å². The zero-order valence-electron chi connectivity index (χ0n) is 12.9. The van der Waals surface area contributed by atoms with Gasteiger partial charge >= 0.3 is 0 Å². The van der Waals surface area contributed by atoms with E-state index in [0.717, 1.165) is 49.1 Å². The summed E-state index contributed by atoms with van der Waals surface area (Å²) in [6, 6.07) is 5.11. The summed E-state index contributed by atoms with van der Waals surface area (Å²) in [5, 5.41) is 0.786. The average molecular weight is 316 g/mol. The van der Waals surface area contributed by atoms with Crippen LogP contribution in [0.3, 0.4) is 0 Å². The predicted molar refractivity (Wildman–Crippen MR) is 87.1 cm³/mol. The van der Waals surface area contributed by atoms with E-state index in [4.69, 9.17) is 5.73 Å². The van der Waals surface area contributed by atoms with Gasteiger partial charge in [-0.2, -0.15) is 0 Å². The van der Waals surface area contributed by atoms with Crippen LogP contribution in [0, 0.1) is 11.7 Å². The average Bonchev–Trinajstić information content (AvgIpc) is 3.01. The molecule has 4 rings (SSSR count). The maximum absolute atomic E-state index is 13.6. The Kier molecular flexibility index (Phi) is 3.84. The van der Waals surface area contributed by atoms with Gasteiger partial charge < -0.3 is 10.6 Å². The quantitative estimate of drug-likeness (QED) is 0.771. The highest BCUT2D eigenvalue weighted by atomic mass is 19.1. The Hall–Kier alpha value is -1.83. The van der Waals surface area contributed by atoms with Gasteiger partial charge in [0, 0.05) is 24.5 Å². The minimum atomic E-state index is -0.251. The molecule has 3 heterocycles. The van der Waals surface area contributed by atoms with Crippen LogP contribution in [0.2, 0.25) is 0 Å². The van der Waals surface area contributed by atoms with Crippen molar-refractivity contribution < 1.29 is 4.39 Å². The van der Waals surface area contributed by atoms with Gasteiger partial charge in [-0.1, -0.05) is 0 Å². The molecule has 0 amide bonds. The molecule has 2 unspecified atom stereocenters. The SMILES string of the molecule is NC1CC(C2CCN(c3ncnc4ccc(F)cc34)CC2)NN1. The number of hydrogen-bond acceptors (Lipinski definition) is 6. The number of hydrazine groups is 1. The lowest BCUT2D eigenvalue weighted by Crippen LogP contribution is -2.43. The van der Waals surface area contributed by atoms with E-state index in [1.165, 1.54) is 12.1 Å². The summed E-state index contributed by atoms with van der Waals surface area (Å²) < 4.78 is 13.6. The topological polar surface area (TPSA) is 79.1 Å². The van der Waals surface area contributed by atoms with Crippen LogP contribution in [0.4, 0.5) is 10.2 Å². The molecule has 2 atom stereocenters. The number of aromatic nitrogens is 2. The highest BCUT2D eigenvalue weighted by Crippen LogP contribution is 2.30. The minimum Gasteiger partial charge on any atom is -0.356 e. The molecule has 2 fully saturated rings. The van der Waals surface area contributed by atoms with Crippen molar-refractivity contribution in [1.29, 1.82) is 0 Å². The molecule has 1 aromatic carbocycles. The van der Waals surface area contributed by atoms with Gasteiger partial charge in [0.15, 0.2) is 0 Å². The summed E-state index contributed by atoms with van der Waals surface area (Å²) in [6.07, 6.45) is 4.72. The summed E-state index contributed by atoms with van der Waals surface area (Å²) in [7, 11) is 0. The molecule has 1 aromatic heterocycles. The first-order valence-corrected chi connectivity index (χ1v) is 8.12. The Morgan fingerprint density at radius 1 is 1.17 bits per heavy atom. The number of hydrogen-bond donors (Lipinski definition) is 3. The van der Waals surface area contributed by atoms with Crippen LogP contribution in [-0.4, -0.2) is 35.3 Å². The zero-order chi connectivity index (χ0) is 15.8. The molecule has 0 aliphatic carbocycles. The van der Waals surface area contributed by atoms with E-state index < -0.39 is 0 Å². The summed E-state index contributed by atoms with van der Waals surface area (Å²) >= 11 is 0. The second-order valence-electron chi connectivity index (χ2n) is 6.42. The van der Waals surface area contributed by atoms with Crippen molar-refractivity contribution in [3.8, 4) is 0 Å². The highest BCUT2D eigenvalue weighted by molar-refractivity contribution is 5.89. The second kappa shape index (κ2) is 5.99. The van der Waals surface area contributed by atoms with E-state index in [1.807, 2.05) is 0 Å². The molecule has 7 heteroatoms. The maximum atomic E-state index is 13.6. The molecule has 2 saturated heterocycles. The first-order chi connectivity index (χ1) is 11.2. The number of halogens is 1. The van der Waals surface area contributed by atoms with Crippen LogP contribution in [0.1, 0.15) is 19.3 Å². The van der Waals surface area contributed by atoms with E-state index in [0.29, 0.717) is 12.0 Å². The van der Waals surface area contributed by atoms with Gasteiger partial charge in [0.25, 0.3) is 0 Å². The zero-order valence-corrected chi connectivity index (χ0v) is 12.9. The Morgan fingerprint density at radius 2 is 2.00 bits per heavy atom. The van der Waals surface area contributed by atoms with Crippen molar-refractivity contribution in [3.05, 3.63) is 30.3 Å². The molecule has 0 radical (unpaired) electrons. The fourth-order valence-corrected chi connectivity index (χ4v) is 3.70. The molecule has 122 valence electrons. The van der Waals surface area contributed by atoms with Crippen molar-refractivity contribution in [3.63, 3.8) is 0 Å². The third kappa shape index (κ3) is 2.87. The smallest absolute Gasteiger partial charge is 0.139 e. The van der Waals surface area contributed by atoms with Crippen molar-refractivity contribution in [2.45, 2.75) is 31.5 Å². The fraction of sp³-hybridized carbons (Fsp3) is 0.500. The van der Waals surface area contributed by atoms with Gasteiger partial charge in [-0.05, 0) is 43.4 Å². The number of fused-ring (bicyclic) bond motifs is 1. The maximum Gasteiger partial charge on any atom is 0.139 e. The van der Waals surface area contributed by atoms with Gasteiger partial charge in [0.2, 0.25) is 0 Å². The molecule has 0 saturated carbocycles. The molecular formula is C16H21FN6. The number of benzene rings is 1. The number of piperidine rings is 1. The number of nitrogens with zero attached hydrogens (tertiary/aromatic N) is 3. The standard InChI is InChI=1S/C16H21FN6/c17-11-1-2-13-12(7-11)16(20-9-19-13)23-5-3-10(4-6-23)14-8-15(18)22-21-14/h1-2,7,9-10,14-15,21-22H,3-6,8,18H2. The normalized spacial score (nSPS) is 26.1. The molecule has 2 aliphatic rings. The van der Waals surface area contributed by atoms with Gasteiger partial charge in [-0.25, -0.2) is 19.8 Å². The third-order valence-corrected chi connectivity index (χ3v) is 4.95. The van der Waals surface area contributed by atoms with Crippen LogP contribution in [0.5, 0.6) is 0 Å². The second-order valence-corrected chi connectivity index (χ2v) is 6.42.